The van der Waals surface area contributed by atoms with Crippen molar-refractivity contribution >= 4 is 21.5 Å². The predicted octanol–water partition coefficient (Wildman–Crippen LogP) is 2.34. The molecule has 0 radical (unpaired) electrons. The Morgan fingerprint density at radius 3 is 2.58 bits per heavy atom. The number of nitrogens with zero attached hydrogens (tertiary/aromatic N) is 2. The zero-order valence-electron chi connectivity index (χ0n) is 10.9. The van der Waals surface area contributed by atoms with E-state index in [9.17, 15) is 8.42 Å². The molecule has 0 fully saturated rings. The monoisotopic (exact) mass is 281 g/mol. The Hall–Kier alpha value is -1.89. The Morgan fingerprint density at radius 2 is 2.00 bits per heavy atom. The van der Waals surface area contributed by atoms with Gasteiger partial charge in [-0.3, -0.25) is 0 Å². The third-order valence-electron chi connectivity index (χ3n) is 2.45. The number of nitrogens with one attached hydrogen (secondary N) is 1. The molecule has 0 saturated heterocycles. The molecule has 0 aliphatic rings. The van der Waals surface area contributed by atoms with E-state index in [4.69, 9.17) is 4.42 Å². The number of sulfone groups is 1. The molecular weight excluding hydrogens is 266 g/mol. The van der Waals surface area contributed by atoms with Gasteiger partial charge in [0, 0.05) is 17.9 Å². The second-order valence-electron chi connectivity index (χ2n) is 4.53. The van der Waals surface area contributed by atoms with Crippen molar-refractivity contribution in [1.29, 1.82) is 0 Å². The Balaban J connectivity index is 2.23. The molecule has 2 rings (SSSR count). The van der Waals surface area contributed by atoms with Gasteiger partial charge in [-0.15, -0.1) is 5.10 Å². The van der Waals surface area contributed by atoms with E-state index in [1.165, 1.54) is 12.1 Å². The molecule has 1 heterocycles. The van der Waals surface area contributed by atoms with Crippen molar-refractivity contribution in [2.24, 2.45) is 0 Å². The van der Waals surface area contributed by atoms with Gasteiger partial charge in [0.1, 0.15) is 0 Å². The number of aromatic nitrogens is 2. The van der Waals surface area contributed by atoms with E-state index < -0.39 is 9.84 Å². The summed E-state index contributed by atoms with van der Waals surface area (Å²) in [5, 5.41) is 10.6. The van der Waals surface area contributed by atoms with E-state index in [-0.39, 0.29) is 16.8 Å². The summed E-state index contributed by atoms with van der Waals surface area (Å²) in [4.78, 5) is 0.237. The molecule has 19 heavy (non-hydrogen) atoms. The summed E-state index contributed by atoms with van der Waals surface area (Å²) in [6.07, 6.45) is 1.16. The van der Waals surface area contributed by atoms with Gasteiger partial charge in [0.15, 0.2) is 9.84 Å². The van der Waals surface area contributed by atoms with Crippen LogP contribution in [0.2, 0.25) is 0 Å². The Bertz CT molecular complexity index is 677. The van der Waals surface area contributed by atoms with Crippen LogP contribution >= 0.6 is 0 Å². The van der Waals surface area contributed by atoms with Gasteiger partial charge in [-0.2, -0.15) is 0 Å². The van der Waals surface area contributed by atoms with Crippen molar-refractivity contribution in [3.05, 3.63) is 30.2 Å². The van der Waals surface area contributed by atoms with Crippen LogP contribution in [0.3, 0.4) is 0 Å². The predicted molar refractivity (Wildman–Crippen MR) is 71.2 cm³/mol. The minimum absolute atomic E-state index is 0.144. The van der Waals surface area contributed by atoms with Crippen molar-refractivity contribution < 1.29 is 12.8 Å². The largest absolute Gasteiger partial charge is 0.408 e. The lowest BCUT2D eigenvalue weighted by atomic mass is 10.2. The SMILES string of the molecule is CC(C)c1nnc(Nc2cccc(S(C)(=O)=O)c2)o1. The first-order valence-electron chi connectivity index (χ1n) is 5.77. The highest BCUT2D eigenvalue weighted by atomic mass is 32.2. The Morgan fingerprint density at radius 1 is 1.26 bits per heavy atom. The van der Waals surface area contributed by atoms with Crippen LogP contribution in [-0.4, -0.2) is 24.9 Å². The lowest BCUT2D eigenvalue weighted by Gasteiger charge is -2.03. The summed E-state index contributed by atoms with van der Waals surface area (Å²) in [6.45, 7) is 3.89. The third kappa shape index (κ3) is 3.31. The van der Waals surface area contributed by atoms with E-state index in [0.717, 1.165) is 6.26 Å². The Kier molecular flexibility index (Phi) is 3.57. The van der Waals surface area contributed by atoms with Gasteiger partial charge in [-0.1, -0.05) is 25.0 Å². The van der Waals surface area contributed by atoms with Gasteiger partial charge in [-0.25, -0.2) is 8.42 Å². The highest BCUT2D eigenvalue weighted by Crippen LogP contribution is 2.21. The average molecular weight is 281 g/mol. The Labute approximate surface area is 111 Å². The normalized spacial score (nSPS) is 11.8. The van der Waals surface area contributed by atoms with Gasteiger partial charge in [0.25, 0.3) is 0 Å². The quantitative estimate of drug-likeness (QED) is 0.925. The molecule has 0 spiro atoms. The molecule has 1 aromatic carbocycles. The fraction of sp³-hybridized carbons (Fsp3) is 0.333. The van der Waals surface area contributed by atoms with Crippen molar-refractivity contribution in [3.8, 4) is 0 Å². The highest BCUT2D eigenvalue weighted by Gasteiger charge is 2.11. The van der Waals surface area contributed by atoms with E-state index in [2.05, 4.69) is 15.5 Å². The van der Waals surface area contributed by atoms with E-state index in [1.54, 1.807) is 12.1 Å². The maximum Gasteiger partial charge on any atom is 0.320 e. The van der Waals surface area contributed by atoms with Crippen molar-refractivity contribution in [1.82, 2.24) is 10.2 Å². The second-order valence-corrected chi connectivity index (χ2v) is 6.54. The number of anilines is 2. The average Bonchev–Trinajstić information content (AvgIpc) is 2.77. The molecule has 0 aliphatic carbocycles. The molecule has 0 saturated carbocycles. The summed E-state index contributed by atoms with van der Waals surface area (Å²) in [5.41, 5.74) is 0.585. The van der Waals surface area contributed by atoms with Crippen LogP contribution in [0.4, 0.5) is 11.7 Å². The summed E-state index contributed by atoms with van der Waals surface area (Å²) in [7, 11) is -3.23. The molecule has 0 aliphatic heterocycles. The lowest BCUT2D eigenvalue weighted by Crippen LogP contribution is -1.98. The standard InChI is InChI=1S/C12H15N3O3S/c1-8(2)11-14-15-12(18-11)13-9-5-4-6-10(7-9)19(3,16)17/h4-8H,1-3H3,(H,13,15). The molecule has 6 nitrogen and oxygen atoms in total. The molecule has 0 unspecified atom stereocenters. The minimum atomic E-state index is -3.23. The number of hydrogen-bond acceptors (Lipinski definition) is 6. The zero-order chi connectivity index (χ0) is 14.0. The minimum Gasteiger partial charge on any atom is -0.408 e. The topological polar surface area (TPSA) is 85.1 Å². The van der Waals surface area contributed by atoms with Crippen molar-refractivity contribution in [2.75, 3.05) is 11.6 Å². The summed E-state index contributed by atoms with van der Waals surface area (Å²) >= 11 is 0. The molecule has 1 N–H and O–H groups in total. The van der Waals surface area contributed by atoms with Crippen LogP contribution in [0.1, 0.15) is 25.7 Å². The van der Waals surface area contributed by atoms with Crippen molar-refractivity contribution in [3.63, 3.8) is 0 Å². The molecule has 0 bridgehead atoms. The van der Waals surface area contributed by atoms with Crippen LogP contribution in [0.25, 0.3) is 0 Å². The molecular formula is C12H15N3O3S. The molecule has 0 amide bonds. The summed E-state index contributed by atoms with van der Waals surface area (Å²) in [6, 6.07) is 6.68. The van der Waals surface area contributed by atoms with Crippen LogP contribution in [0.15, 0.2) is 33.6 Å². The van der Waals surface area contributed by atoms with Crippen LogP contribution in [0.5, 0.6) is 0 Å². The highest BCUT2D eigenvalue weighted by molar-refractivity contribution is 7.90. The summed E-state index contributed by atoms with van der Waals surface area (Å²) in [5.74, 6) is 0.673. The molecule has 102 valence electrons. The van der Waals surface area contributed by atoms with Crippen LogP contribution in [-0.2, 0) is 9.84 Å². The first kappa shape index (κ1) is 13.5. The van der Waals surface area contributed by atoms with Crippen LogP contribution < -0.4 is 5.32 Å². The smallest absolute Gasteiger partial charge is 0.320 e. The fourth-order valence-electron chi connectivity index (χ4n) is 1.45. The lowest BCUT2D eigenvalue weighted by molar-refractivity contribution is 0.483. The molecule has 1 aromatic heterocycles. The maximum absolute atomic E-state index is 11.5. The van der Waals surface area contributed by atoms with Crippen molar-refractivity contribution in [2.45, 2.75) is 24.7 Å². The van der Waals surface area contributed by atoms with Gasteiger partial charge in [0.2, 0.25) is 5.89 Å². The number of hydrogen-bond donors (Lipinski definition) is 1. The van der Waals surface area contributed by atoms with Crippen LogP contribution in [0, 0.1) is 0 Å². The second kappa shape index (κ2) is 5.00. The molecule has 2 aromatic rings. The van der Waals surface area contributed by atoms with E-state index >= 15 is 0 Å². The number of benzene rings is 1. The molecule has 7 heteroatoms. The fourth-order valence-corrected chi connectivity index (χ4v) is 2.11. The zero-order valence-corrected chi connectivity index (χ0v) is 11.7. The van der Waals surface area contributed by atoms with Gasteiger partial charge in [-0.05, 0) is 18.2 Å². The maximum atomic E-state index is 11.5. The van der Waals surface area contributed by atoms with E-state index in [0.29, 0.717) is 11.6 Å². The summed E-state index contributed by atoms with van der Waals surface area (Å²) < 4.78 is 28.3. The third-order valence-corrected chi connectivity index (χ3v) is 3.56. The number of rotatable bonds is 4. The first-order valence-corrected chi connectivity index (χ1v) is 7.66. The molecule has 0 atom stereocenters. The van der Waals surface area contributed by atoms with E-state index in [1.807, 2.05) is 13.8 Å². The van der Waals surface area contributed by atoms with Gasteiger partial charge < -0.3 is 9.73 Å². The first-order chi connectivity index (χ1) is 8.86. The van der Waals surface area contributed by atoms with Gasteiger partial charge in [0.05, 0.1) is 4.90 Å². The van der Waals surface area contributed by atoms with Gasteiger partial charge >= 0.3 is 6.01 Å².